The van der Waals surface area contributed by atoms with Gasteiger partial charge in [0.2, 0.25) is 5.75 Å². The Hall–Kier alpha value is -1.83. The standard InChI is InChI=1S/C14H23N3O4/c1-10(18)11-8-12(19-5-2-15)14(21-7-4-17)13(9-11)20-6-3-16/h8-9H,2-7,15-17H2,1H3. The van der Waals surface area contributed by atoms with Gasteiger partial charge < -0.3 is 31.4 Å². The minimum atomic E-state index is -0.101. The van der Waals surface area contributed by atoms with E-state index in [0.717, 1.165) is 0 Å². The van der Waals surface area contributed by atoms with E-state index in [1.807, 2.05) is 0 Å². The Morgan fingerprint density at radius 3 is 1.71 bits per heavy atom. The Kier molecular flexibility index (Phi) is 7.52. The van der Waals surface area contributed by atoms with Gasteiger partial charge >= 0.3 is 0 Å². The normalized spacial score (nSPS) is 10.3. The van der Waals surface area contributed by atoms with Crippen LogP contribution in [0.25, 0.3) is 0 Å². The van der Waals surface area contributed by atoms with Gasteiger partial charge in [-0.25, -0.2) is 0 Å². The molecular formula is C14H23N3O4. The summed E-state index contributed by atoms with van der Waals surface area (Å²) in [5.41, 5.74) is 16.8. The highest BCUT2D eigenvalue weighted by atomic mass is 16.5. The molecule has 1 aromatic carbocycles. The number of benzene rings is 1. The zero-order chi connectivity index (χ0) is 15.7. The third kappa shape index (κ3) is 5.22. The Bertz CT molecular complexity index is 437. The van der Waals surface area contributed by atoms with Crippen LogP contribution in [-0.4, -0.2) is 45.2 Å². The third-order valence-corrected chi connectivity index (χ3v) is 2.54. The van der Waals surface area contributed by atoms with Gasteiger partial charge in [0.1, 0.15) is 19.8 Å². The molecule has 1 rings (SSSR count). The third-order valence-electron chi connectivity index (χ3n) is 2.54. The zero-order valence-electron chi connectivity index (χ0n) is 12.3. The van der Waals surface area contributed by atoms with Crippen molar-refractivity contribution in [2.24, 2.45) is 17.2 Å². The van der Waals surface area contributed by atoms with Crippen LogP contribution in [0.5, 0.6) is 17.2 Å². The topological polar surface area (TPSA) is 123 Å². The molecule has 0 aliphatic carbocycles. The quantitative estimate of drug-likeness (QED) is 0.515. The summed E-state index contributed by atoms with van der Waals surface area (Å²) in [5.74, 6) is 1.13. The van der Waals surface area contributed by atoms with Gasteiger partial charge in [-0.2, -0.15) is 0 Å². The maximum absolute atomic E-state index is 11.6. The average Bonchev–Trinajstić information content (AvgIpc) is 2.48. The fourth-order valence-electron chi connectivity index (χ4n) is 1.64. The van der Waals surface area contributed by atoms with Crippen LogP contribution < -0.4 is 31.4 Å². The average molecular weight is 297 g/mol. The molecule has 21 heavy (non-hydrogen) atoms. The zero-order valence-corrected chi connectivity index (χ0v) is 12.3. The van der Waals surface area contributed by atoms with Crippen LogP contribution in [0.1, 0.15) is 17.3 Å². The number of ether oxygens (including phenoxy) is 3. The van der Waals surface area contributed by atoms with Crippen molar-refractivity contribution in [3.05, 3.63) is 17.7 Å². The van der Waals surface area contributed by atoms with E-state index in [-0.39, 0.29) is 5.78 Å². The molecule has 0 bridgehead atoms. The van der Waals surface area contributed by atoms with Gasteiger partial charge in [-0.05, 0) is 19.1 Å². The monoisotopic (exact) mass is 297 g/mol. The van der Waals surface area contributed by atoms with Crippen molar-refractivity contribution in [3.63, 3.8) is 0 Å². The van der Waals surface area contributed by atoms with Crippen molar-refractivity contribution >= 4 is 5.78 Å². The summed E-state index contributed by atoms with van der Waals surface area (Å²) in [6, 6.07) is 3.22. The Balaban J connectivity index is 3.18. The fourth-order valence-corrected chi connectivity index (χ4v) is 1.64. The van der Waals surface area contributed by atoms with Crippen molar-refractivity contribution < 1.29 is 19.0 Å². The molecular weight excluding hydrogens is 274 g/mol. The molecule has 7 nitrogen and oxygen atoms in total. The largest absolute Gasteiger partial charge is 0.488 e. The summed E-state index contributed by atoms with van der Waals surface area (Å²) >= 11 is 0. The summed E-state index contributed by atoms with van der Waals surface area (Å²) in [4.78, 5) is 11.6. The van der Waals surface area contributed by atoms with Crippen molar-refractivity contribution in [2.75, 3.05) is 39.5 Å². The van der Waals surface area contributed by atoms with E-state index in [1.165, 1.54) is 6.92 Å². The first kappa shape index (κ1) is 17.2. The van der Waals surface area contributed by atoms with E-state index in [2.05, 4.69) is 0 Å². The van der Waals surface area contributed by atoms with E-state index in [1.54, 1.807) is 12.1 Å². The highest BCUT2D eigenvalue weighted by molar-refractivity contribution is 5.95. The molecule has 0 unspecified atom stereocenters. The van der Waals surface area contributed by atoms with Crippen LogP contribution in [0.15, 0.2) is 12.1 Å². The summed E-state index contributed by atoms with van der Waals surface area (Å²) in [7, 11) is 0. The molecule has 0 fully saturated rings. The number of hydrogen-bond donors (Lipinski definition) is 3. The number of hydrogen-bond acceptors (Lipinski definition) is 7. The maximum atomic E-state index is 11.6. The number of rotatable bonds is 10. The number of carbonyl (C=O) groups is 1. The minimum Gasteiger partial charge on any atom is -0.488 e. The van der Waals surface area contributed by atoms with Crippen LogP contribution in [0.2, 0.25) is 0 Å². The second-order valence-corrected chi connectivity index (χ2v) is 4.27. The van der Waals surface area contributed by atoms with Gasteiger partial charge in [0, 0.05) is 25.2 Å². The molecule has 0 aromatic heterocycles. The van der Waals surface area contributed by atoms with Crippen molar-refractivity contribution in [2.45, 2.75) is 6.92 Å². The molecule has 1 aromatic rings. The molecule has 0 atom stereocenters. The summed E-state index contributed by atoms with van der Waals surface area (Å²) < 4.78 is 16.7. The Labute approximate surface area is 124 Å². The number of ketones is 1. The van der Waals surface area contributed by atoms with Crippen LogP contribution in [0.4, 0.5) is 0 Å². The van der Waals surface area contributed by atoms with Gasteiger partial charge in [0.25, 0.3) is 0 Å². The fraction of sp³-hybridized carbons (Fsp3) is 0.500. The van der Waals surface area contributed by atoms with Crippen LogP contribution >= 0.6 is 0 Å². The highest BCUT2D eigenvalue weighted by Gasteiger charge is 2.17. The van der Waals surface area contributed by atoms with Gasteiger partial charge in [-0.15, -0.1) is 0 Å². The van der Waals surface area contributed by atoms with E-state index in [0.29, 0.717) is 62.3 Å². The van der Waals surface area contributed by atoms with Crippen LogP contribution in [0.3, 0.4) is 0 Å². The van der Waals surface area contributed by atoms with E-state index in [9.17, 15) is 4.79 Å². The van der Waals surface area contributed by atoms with Gasteiger partial charge in [-0.1, -0.05) is 0 Å². The van der Waals surface area contributed by atoms with Gasteiger partial charge in [0.15, 0.2) is 17.3 Å². The van der Waals surface area contributed by atoms with E-state index < -0.39 is 0 Å². The van der Waals surface area contributed by atoms with Gasteiger partial charge in [-0.3, -0.25) is 4.79 Å². The smallest absolute Gasteiger partial charge is 0.203 e. The van der Waals surface area contributed by atoms with Crippen LogP contribution in [0, 0.1) is 0 Å². The maximum Gasteiger partial charge on any atom is 0.203 e. The molecule has 0 amide bonds. The first-order valence-electron chi connectivity index (χ1n) is 6.81. The Morgan fingerprint density at radius 2 is 1.33 bits per heavy atom. The number of Topliss-reactive ketones (excluding diaryl/α,β-unsaturated/α-hetero) is 1. The SMILES string of the molecule is CC(=O)c1cc(OCCN)c(OCCN)c(OCCN)c1. The molecule has 7 heteroatoms. The summed E-state index contributed by atoms with van der Waals surface area (Å²) in [5, 5.41) is 0. The molecule has 0 saturated carbocycles. The Morgan fingerprint density at radius 1 is 0.905 bits per heavy atom. The molecule has 0 aliphatic rings. The molecule has 6 N–H and O–H groups in total. The first-order chi connectivity index (χ1) is 10.1. The van der Waals surface area contributed by atoms with E-state index in [4.69, 9.17) is 31.4 Å². The predicted octanol–water partition coefficient (Wildman–Crippen LogP) is -0.0983. The molecule has 0 aliphatic heterocycles. The highest BCUT2D eigenvalue weighted by Crippen LogP contribution is 2.39. The molecule has 118 valence electrons. The van der Waals surface area contributed by atoms with Crippen molar-refractivity contribution in [1.82, 2.24) is 0 Å². The lowest BCUT2D eigenvalue weighted by Crippen LogP contribution is -2.16. The molecule has 0 spiro atoms. The molecule has 0 radical (unpaired) electrons. The second-order valence-electron chi connectivity index (χ2n) is 4.27. The number of carbonyl (C=O) groups excluding carboxylic acids is 1. The molecule has 0 saturated heterocycles. The number of nitrogens with two attached hydrogens (primary N) is 3. The summed E-state index contributed by atoms with van der Waals surface area (Å²) in [6.45, 7) is 3.42. The summed E-state index contributed by atoms with van der Waals surface area (Å²) in [6.07, 6.45) is 0. The lowest BCUT2D eigenvalue weighted by Gasteiger charge is -2.17. The van der Waals surface area contributed by atoms with Crippen molar-refractivity contribution in [1.29, 1.82) is 0 Å². The lowest BCUT2D eigenvalue weighted by atomic mass is 10.1. The van der Waals surface area contributed by atoms with Crippen molar-refractivity contribution in [3.8, 4) is 17.2 Å². The van der Waals surface area contributed by atoms with E-state index >= 15 is 0 Å². The lowest BCUT2D eigenvalue weighted by molar-refractivity contribution is 0.101. The first-order valence-corrected chi connectivity index (χ1v) is 6.81. The van der Waals surface area contributed by atoms with Crippen LogP contribution in [-0.2, 0) is 0 Å². The minimum absolute atomic E-state index is 0.101. The van der Waals surface area contributed by atoms with Gasteiger partial charge in [0.05, 0.1) is 0 Å². The molecule has 0 heterocycles. The second kappa shape index (κ2) is 9.17. The predicted molar refractivity (Wildman–Crippen MR) is 80.1 cm³/mol.